The summed E-state index contributed by atoms with van der Waals surface area (Å²) >= 11 is 1.04. The number of fused-ring (bicyclic) bond motifs is 1. The van der Waals surface area contributed by atoms with Gasteiger partial charge in [-0.3, -0.25) is 19.3 Å². The number of thiazole rings is 1. The molecule has 10 heteroatoms. The number of amides is 1. The molecular formula is C30H30N2O7S. The van der Waals surface area contributed by atoms with E-state index in [1.54, 1.807) is 43.3 Å². The number of benzene rings is 2. The van der Waals surface area contributed by atoms with Crippen molar-refractivity contribution in [3.8, 4) is 17.2 Å². The standard InChI is InChI=1S/C30H30N2O7S/c1-6-37-22-11-8-18(14-23(22)38-7-2)25-24(26(34)19-9-10-21-20(13-19)12-15(3)39-21)27(35)29(36)32(25)30-31-16(4)28(40-30)17(5)33/h8-11,13-15,25,34H,6-7,12H2,1-5H3/b26-24-. The zero-order valence-corrected chi connectivity index (χ0v) is 23.8. The third-order valence-electron chi connectivity index (χ3n) is 6.81. The Balaban J connectivity index is 1.71. The molecule has 2 aromatic carbocycles. The lowest BCUT2D eigenvalue weighted by atomic mass is 9.94. The number of Topliss-reactive ketones (excluding diaryl/α,β-unsaturated/α-hetero) is 2. The van der Waals surface area contributed by atoms with Gasteiger partial charge in [-0.15, -0.1) is 0 Å². The number of carbonyl (C=O) groups excluding carboxylic acids is 3. The van der Waals surface area contributed by atoms with E-state index in [1.165, 1.54) is 11.8 Å². The van der Waals surface area contributed by atoms with Crippen LogP contribution in [0, 0.1) is 6.92 Å². The third kappa shape index (κ3) is 4.72. The first-order chi connectivity index (χ1) is 19.1. The fourth-order valence-corrected chi connectivity index (χ4v) is 6.11. The highest BCUT2D eigenvalue weighted by atomic mass is 32.1. The van der Waals surface area contributed by atoms with Gasteiger partial charge in [0.15, 0.2) is 22.4 Å². The molecule has 2 aliphatic heterocycles. The number of aromatic nitrogens is 1. The zero-order valence-electron chi connectivity index (χ0n) is 22.9. The van der Waals surface area contributed by atoms with Crippen LogP contribution in [0.3, 0.4) is 0 Å². The summed E-state index contributed by atoms with van der Waals surface area (Å²) in [6.45, 7) is 9.55. The number of aliphatic hydroxyl groups is 1. The number of carbonyl (C=O) groups is 3. The van der Waals surface area contributed by atoms with Gasteiger partial charge in [0, 0.05) is 18.9 Å². The predicted octanol–water partition coefficient (Wildman–Crippen LogP) is 5.40. The average Bonchev–Trinajstić information content (AvgIpc) is 3.57. The molecule has 1 N–H and O–H groups in total. The van der Waals surface area contributed by atoms with Crippen LogP contribution in [0.2, 0.25) is 0 Å². The number of anilines is 1. The van der Waals surface area contributed by atoms with Crippen LogP contribution in [0.1, 0.15) is 65.8 Å². The first-order valence-corrected chi connectivity index (χ1v) is 13.9. The number of nitrogens with zero attached hydrogens (tertiary/aromatic N) is 2. The van der Waals surface area contributed by atoms with Crippen molar-refractivity contribution in [1.29, 1.82) is 0 Å². The molecule has 5 rings (SSSR count). The molecule has 3 aromatic rings. The first-order valence-electron chi connectivity index (χ1n) is 13.1. The summed E-state index contributed by atoms with van der Waals surface area (Å²) in [4.78, 5) is 45.5. The fraction of sp³-hybridized carbons (Fsp3) is 0.333. The number of ketones is 2. The Kier molecular flexibility index (Phi) is 7.37. The summed E-state index contributed by atoms with van der Waals surface area (Å²) in [5.41, 5.74) is 2.20. The second kappa shape index (κ2) is 10.8. The van der Waals surface area contributed by atoms with Crippen molar-refractivity contribution >= 4 is 39.7 Å². The molecule has 0 bridgehead atoms. The normalized spacial score (nSPS) is 19.5. The average molecular weight is 563 g/mol. The molecule has 3 heterocycles. The molecule has 208 valence electrons. The predicted molar refractivity (Wildman–Crippen MR) is 151 cm³/mol. The first kappa shape index (κ1) is 27.4. The Morgan fingerprint density at radius 1 is 1.12 bits per heavy atom. The van der Waals surface area contributed by atoms with Crippen molar-refractivity contribution in [3.63, 3.8) is 0 Å². The van der Waals surface area contributed by atoms with Crippen molar-refractivity contribution < 1.29 is 33.7 Å². The Labute approximate surface area is 236 Å². The van der Waals surface area contributed by atoms with E-state index in [4.69, 9.17) is 14.2 Å². The minimum Gasteiger partial charge on any atom is -0.507 e. The SMILES string of the molecule is CCOc1ccc(C2/C(=C(/O)c3ccc4c(c3)CC(C)O4)C(=O)C(=O)N2c2nc(C)c(C(C)=O)s2)cc1OCC. The van der Waals surface area contributed by atoms with Gasteiger partial charge in [0.25, 0.3) is 5.78 Å². The lowest BCUT2D eigenvalue weighted by Crippen LogP contribution is -2.29. The van der Waals surface area contributed by atoms with Crippen molar-refractivity contribution in [2.24, 2.45) is 0 Å². The molecule has 9 nitrogen and oxygen atoms in total. The summed E-state index contributed by atoms with van der Waals surface area (Å²) in [7, 11) is 0. The van der Waals surface area contributed by atoms with E-state index in [0.717, 1.165) is 22.6 Å². The van der Waals surface area contributed by atoms with Crippen LogP contribution in [-0.4, -0.2) is 46.9 Å². The Hall–Kier alpha value is -4.18. The van der Waals surface area contributed by atoms with E-state index < -0.39 is 17.7 Å². The maximum absolute atomic E-state index is 13.6. The van der Waals surface area contributed by atoms with Gasteiger partial charge in [0.2, 0.25) is 0 Å². The molecule has 0 aliphatic carbocycles. The molecule has 1 aromatic heterocycles. The maximum atomic E-state index is 13.6. The molecule has 1 saturated heterocycles. The van der Waals surface area contributed by atoms with Gasteiger partial charge < -0.3 is 19.3 Å². The van der Waals surface area contributed by atoms with Crippen molar-refractivity contribution in [2.75, 3.05) is 18.1 Å². The van der Waals surface area contributed by atoms with Crippen LogP contribution in [-0.2, 0) is 16.0 Å². The quantitative estimate of drug-likeness (QED) is 0.168. The Morgan fingerprint density at radius 3 is 2.52 bits per heavy atom. The number of hydrogen-bond acceptors (Lipinski definition) is 9. The summed E-state index contributed by atoms with van der Waals surface area (Å²) in [6.07, 6.45) is 0.666. The summed E-state index contributed by atoms with van der Waals surface area (Å²) in [5.74, 6) is -0.512. The van der Waals surface area contributed by atoms with Crippen molar-refractivity contribution in [3.05, 3.63) is 69.2 Å². The van der Waals surface area contributed by atoms with Gasteiger partial charge in [0.05, 0.1) is 35.4 Å². The number of ether oxygens (including phenoxy) is 3. The smallest absolute Gasteiger partial charge is 0.301 e. The van der Waals surface area contributed by atoms with E-state index in [2.05, 4.69) is 4.98 Å². The number of hydrogen-bond donors (Lipinski definition) is 1. The molecule has 1 amide bonds. The molecule has 40 heavy (non-hydrogen) atoms. The fourth-order valence-electron chi connectivity index (χ4n) is 5.12. The molecule has 2 atom stereocenters. The molecule has 0 saturated carbocycles. The summed E-state index contributed by atoms with van der Waals surface area (Å²) in [6, 6.07) is 9.33. The van der Waals surface area contributed by atoms with Crippen LogP contribution >= 0.6 is 11.3 Å². The lowest BCUT2D eigenvalue weighted by Gasteiger charge is -2.24. The maximum Gasteiger partial charge on any atom is 0.301 e. The van der Waals surface area contributed by atoms with Gasteiger partial charge in [0.1, 0.15) is 17.6 Å². The number of aryl methyl sites for hydroxylation is 1. The lowest BCUT2D eigenvalue weighted by molar-refractivity contribution is -0.132. The zero-order chi connectivity index (χ0) is 28.7. The van der Waals surface area contributed by atoms with Crippen LogP contribution < -0.4 is 19.1 Å². The number of aliphatic hydroxyl groups excluding tert-OH is 1. The van der Waals surface area contributed by atoms with Gasteiger partial charge in [-0.1, -0.05) is 17.4 Å². The molecule has 2 aliphatic rings. The van der Waals surface area contributed by atoms with E-state index >= 15 is 0 Å². The summed E-state index contributed by atoms with van der Waals surface area (Å²) < 4.78 is 17.3. The molecule has 1 fully saturated rings. The minimum absolute atomic E-state index is 0.00225. The Bertz CT molecular complexity index is 1560. The van der Waals surface area contributed by atoms with E-state index in [0.29, 0.717) is 52.8 Å². The van der Waals surface area contributed by atoms with Gasteiger partial charge in [-0.2, -0.15) is 0 Å². The Morgan fingerprint density at radius 2 is 1.85 bits per heavy atom. The van der Waals surface area contributed by atoms with Gasteiger partial charge in [-0.25, -0.2) is 4.98 Å². The highest BCUT2D eigenvalue weighted by Crippen LogP contribution is 2.46. The highest BCUT2D eigenvalue weighted by molar-refractivity contribution is 7.18. The van der Waals surface area contributed by atoms with Crippen LogP contribution in [0.4, 0.5) is 5.13 Å². The van der Waals surface area contributed by atoms with Crippen LogP contribution in [0.5, 0.6) is 17.2 Å². The second-order valence-electron chi connectivity index (χ2n) is 9.66. The highest BCUT2D eigenvalue weighted by Gasteiger charge is 2.48. The third-order valence-corrected chi connectivity index (χ3v) is 8.07. The second-order valence-corrected chi connectivity index (χ2v) is 10.6. The topological polar surface area (TPSA) is 115 Å². The van der Waals surface area contributed by atoms with Crippen LogP contribution in [0.25, 0.3) is 5.76 Å². The van der Waals surface area contributed by atoms with Gasteiger partial charge >= 0.3 is 5.91 Å². The van der Waals surface area contributed by atoms with E-state index in [-0.39, 0.29) is 28.4 Å². The van der Waals surface area contributed by atoms with Gasteiger partial charge in [-0.05, 0) is 69.2 Å². The molecule has 0 radical (unpaired) electrons. The monoisotopic (exact) mass is 562 g/mol. The summed E-state index contributed by atoms with van der Waals surface area (Å²) in [5, 5.41) is 11.8. The van der Waals surface area contributed by atoms with E-state index in [9.17, 15) is 19.5 Å². The van der Waals surface area contributed by atoms with Crippen LogP contribution in [0.15, 0.2) is 42.0 Å². The molecule has 2 unspecified atom stereocenters. The van der Waals surface area contributed by atoms with Crippen molar-refractivity contribution in [2.45, 2.75) is 53.2 Å². The molecular weight excluding hydrogens is 532 g/mol. The van der Waals surface area contributed by atoms with E-state index in [1.807, 2.05) is 20.8 Å². The van der Waals surface area contributed by atoms with Crippen molar-refractivity contribution in [1.82, 2.24) is 4.98 Å². The minimum atomic E-state index is -1.02. The largest absolute Gasteiger partial charge is 0.507 e. The number of rotatable bonds is 8. The molecule has 0 spiro atoms.